The molecule has 110 valence electrons. The molecule has 0 amide bonds. The van der Waals surface area contributed by atoms with Crippen molar-refractivity contribution in [2.45, 2.75) is 43.8 Å². The average molecular weight is 286 g/mol. The van der Waals surface area contributed by atoms with Crippen LogP contribution >= 0.6 is 0 Å². The number of nitro groups is 1. The molecule has 6 heteroatoms. The van der Waals surface area contributed by atoms with Gasteiger partial charge in [-0.05, 0) is 37.8 Å². The Balaban J connectivity index is 1.83. The Morgan fingerprint density at radius 3 is 2.62 bits per heavy atom. The quantitative estimate of drug-likeness (QED) is 0.680. The minimum absolute atomic E-state index is 0.125. The monoisotopic (exact) mass is 286 g/mol. The van der Waals surface area contributed by atoms with Gasteiger partial charge in [0.15, 0.2) is 0 Å². The molecule has 2 heterocycles. The van der Waals surface area contributed by atoms with E-state index in [1.807, 2.05) is 13.1 Å². The van der Waals surface area contributed by atoms with Crippen LogP contribution in [0.4, 0.5) is 11.4 Å². The summed E-state index contributed by atoms with van der Waals surface area (Å²) < 4.78 is 0. The van der Waals surface area contributed by atoms with E-state index in [-0.39, 0.29) is 11.3 Å². The predicted octanol–water partition coefficient (Wildman–Crippen LogP) is 2.19. The Hall–Kier alpha value is -2.13. The number of nitrogens with zero attached hydrogens (tertiary/aromatic N) is 3. The van der Waals surface area contributed by atoms with Gasteiger partial charge in [-0.3, -0.25) is 10.1 Å². The maximum Gasteiger partial charge on any atom is 0.287 e. The third kappa shape index (κ3) is 2.57. The third-order valence-electron chi connectivity index (χ3n) is 4.70. The number of anilines is 1. The first-order chi connectivity index (χ1) is 10.1. The molecule has 0 radical (unpaired) electrons. The van der Waals surface area contributed by atoms with E-state index in [2.05, 4.69) is 10.2 Å². The Morgan fingerprint density at radius 2 is 2.05 bits per heavy atom. The number of hydrogen-bond acceptors (Lipinski definition) is 5. The topological polar surface area (TPSA) is 82.2 Å². The highest BCUT2D eigenvalue weighted by Crippen LogP contribution is 2.32. The Bertz CT molecular complexity index is 598. The highest BCUT2D eigenvalue weighted by molar-refractivity contribution is 5.60. The van der Waals surface area contributed by atoms with Crippen molar-refractivity contribution in [3.63, 3.8) is 0 Å². The van der Waals surface area contributed by atoms with Crippen molar-refractivity contribution >= 4 is 11.4 Å². The number of nitro benzene ring substituents is 1. The summed E-state index contributed by atoms with van der Waals surface area (Å²) in [7, 11) is 2.01. The smallest absolute Gasteiger partial charge is 0.287 e. The van der Waals surface area contributed by atoms with Crippen LogP contribution < -0.4 is 10.2 Å². The molecule has 2 fully saturated rings. The maximum absolute atomic E-state index is 10.9. The van der Waals surface area contributed by atoms with Crippen LogP contribution in [0, 0.1) is 21.4 Å². The van der Waals surface area contributed by atoms with E-state index in [0.717, 1.165) is 18.5 Å². The number of nitriles is 1. The minimum Gasteiger partial charge on any atom is -0.371 e. The molecule has 2 unspecified atom stereocenters. The van der Waals surface area contributed by atoms with Gasteiger partial charge in [0.25, 0.3) is 5.69 Å². The summed E-state index contributed by atoms with van der Waals surface area (Å²) in [6.45, 7) is 0. The molecule has 0 spiro atoms. The van der Waals surface area contributed by atoms with E-state index in [9.17, 15) is 10.1 Å². The van der Waals surface area contributed by atoms with Gasteiger partial charge in [0.05, 0.1) is 4.92 Å². The van der Waals surface area contributed by atoms with E-state index < -0.39 is 4.92 Å². The molecule has 2 bridgehead atoms. The van der Waals surface area contributed by atoms with Gasteiger partial charge in [-0.25, -0.2) is 0 Å². The molecule has 21 heavy (non-hydrogen) atoms. The summed E-state index contributed by atoms with van der Waals surface area (Å²) in [6, 6.07) is 8.32. The van der Waals surface area contributed by atoms with Crippen LogP contribution in [-0.2, 0) is 0 Å². The first kappa shape index (κ1) is 13.8. The number of rotatable bonds is 3. The predicted molar refractivity (Wildman–Crippen MR) is 79.2 cm³/mol. The zero-order valence-electron chi connectivity index (χ0n) is 12.0. The highest BCUT2D eigenvalue weighted by Gasteiger charge is 2.35. The Labute approximate surface area is 123 Å². The second kappa shape index (κ2) is 5.34. The van der Waals surface area contributed by atoms with Crippen LogP contribution in [0.5, 0.6) is 0 Å². The number of benzene rings is 1. The number of nitrogens with one attached hydrogen (secondary N) is 1. The van der Waals surface area contributed by atoms with Gasteiger partial charge in [-0.1, -0.05) is 0 Å². The summed E-state index contributed by atoms with van der Waals surface area (Å²) >= 11 is 0. The molecule has 0 saturated carbocycles. The summed E-state index contributed by atoms with van der Waals surface area (Å²) in [4.78, 5) is 12.5. The molecule has 2 atom stereocenters. The van der Waals surface area contributed by atoms with Gasteiger partial charge in [0, 0.05) is 36.9 Å². The van der Waals surface area contributed by atoms with E-state index in [1.54, 1.807) is 12.1 Å². The molecule has 2 aliphatic rings. The van der Waals surface area contributed by atoms with Gasteiger partial charge in [-0.15, -0.1) is 0 Å². The number of piperidine rings is 1. The van der Waals surface area contributed by atoms with Crippen molar-refractivity contribution in [1.29, 1.82) is 5.26 Å². The second-order valence-corrected chi connectivity index (χ2v) is 5.94. The van der Waals surface area contributed by atoms with Crippen LogP contribution in [0.3, 0.4) is 0 Å². The molecule has 6 nitrogen and oxygen atoms in total. The molecular formula is C15H18N4O2. The van der Waals surface area contributed by atoms with Crippen LogP contribution in [0.1, 0.15) is 31.2 Å². The SMILES string of the molecule is CN(c1ccc([N+](=O)[O-])c(C#N)c1)C1CC2CCC(C1)N2. The van der Waals surface area contributed by atoms with Crippen LogP contribution in [0.25, 0.3) is 0 Å². The van der Waals surface area contributed by atoms with E-state index in [4.69, 9.17) is 5.26 Å². The van der Waals surface area contributed by atoms with Crippen molar-refractivity contribution in [2.75, 3.05) is 11.9 Å². The molecule has 3 rings (SSSR count). The van der Waals surface area contributed by atoms with Gasteiger partial charge < -0.3 is 10.2 Å². The van der Waals surface area contributed by atoms with E-state index in [0.29, 0.717) is 18.1 Å². The molecule has 0 aliphatic carbocycles. The minimum atomic E-state index is -0.507. The zero-order valence-corrected chi connectivity index (χ0v) is 12.0. The average Bonchev–Trinajstić information content (AvgIpc) is 2.84. The summed E-state index contributed by atoms with van der Waals surface area (Å²) in [6.07, 6.45) is 4.65. The number of fused-ring (bicyclic) bond motifs is 2. The van der Waals surface area contributed by atoms with Crippen molar-refractivity contribution in [1.82, 2.24) is 5.32 Å². The normalized spacial score (nSPS) is 27.1. The van der Waals surface area contributed by atoms with Crippen molar-refractivity contribution in [3.05, 3.63) is 33.9 Å². The van der Waals surface area contributed by atoms with Gasteiger partial charge in [-0.2, -0.15) is 5.26 Å². The van der Waals surface area contributed by atoms with E-state index >= 15 is 0 Å². The second-order valence-electron chi connectivity index (χ2n) is 5.94. The van der Waals surface area contributed by atoms with Gasteiger partial charge in [0.1, 0.15) is 11.6 Å². The number of hydrogen-bond donors (Lipinski definition) is 1. The first-order valence-corrected chi connectivity index (χ1v) is 7.26. The van der Waals surface area contributed by atoms with Crippen molar-refractivity contribution in [3.8, 4) is 6.07 Å². The van der Waals surface area contributed by atoms with Gasteiger partial charge in [0.2, 0.25) is 0 Å². The first-order valence-electron chi connectivity index (χ1n) is 7.26. The maximum atomic E-state index is 10.9. The third-order valence-corrected chi connectivity index (χ3v) is 4.70. The summed E-state index contributed by atoms with van der Waals surface area (Å²) in [5.41, 5.74) is 0.879. The van der Waals surface area contributed by atoms with Crippen LogP contribution in [0.15, 0.2) is 18.2 Å². The molecule has 0 aromatic heterocycles. The molecule has 1 aromatic rings. The molecule has 1 N–H and O–H groups in total. The molecular weight excluding hydrogens is 268 g/mol. The van der Waals surface area contributed by atoms with Crippen molar-refractivity contribution < 1.29 is 4.92 Å². The molecule has 1 aromatic carbocycles. The lowest BCUT2D eigenvalue weighted by molar-refractivity contribution is -0.385. The lowest BCUT2D eigenvalue weighted by Gasteiger charge is -2.37. The summed E-state index contributed by atoms with van der Waals surface area (Å²) in [5.74, 6) is 0. The van der Waals surface area contributed by atoms with Gasteiger partial charge >= 0.3 is 0 Å². The highest BCUT2D eigenvalue weighted by atomic mass is 16.6. The fourth-order valence-electron chi connectivity index (χ4n) is 3.55. The Kier molecular flexibility index (Phi) is 3.52. The molecule has 2 aliphatic heterocycles. The fourth-order valence-corrected chi connectivity index (χ4v) is 3.55. The summed E-state index contributed by atoms with van der Waals surface area (Å²) in [5, 5.41) is 23.6. The standard InChI is InChI=1S/C15H18N4O2/c1-18(14-7-11-2-3-12(8-14)17-11)13-4-5-15(19(20)21)10(6-13)9-16/h4-6,11-12,14,17H,2-3,7-8H2,1H3. The van der Waals surface area contributed by atoms with Crippen LogP contribution in [0.2, 0.25) is 0 Å². The Morgan fingerprint density at radius 1 is 1.38 bits per heavy atom. The van der Waals surface area contributed by atoms with Crippen LogP contribution in [-0.4, -0.2) is 30.1 Å². The van der Waals surface area contributed by atoms with E-state index in [1.165, 1.54) is 18.9 Å². The zero-order chi connectivity index (χ0) is 15.0. The largest absolute Gasteiger partial charge is 0.371 e. The fraction of sp³-hybridized carbons (Fsp3) is 0.533. The van der Waals surface area contributed by atoms with Crippen molar-refractivity contribution in [2.24, 2.45) is 0 Å². The lowest BCUT2D eigenvalue weighted by Crippen LogP contribution is -2.47. The lowest BCUT2D eigenvalue weighted by atomic mass is 9.98. The molecule has 2 saturated heterocycles.